The van der Waals surface area contributed by atoms with Crippen molar-refractivity contribution in [3.05, 3.63) is 11.6 Å². The Labute approximate surface area is 167 Å². The third-order valence-corrected chi connectivity index (χ3v) is 8.61. The molecule has 6 heteroatoms. The van der Waals surface area contributed by atoms with Crippen LogP contribution in [0.3, 0.4) is 0 Å². The van der Waals surface area contributed by atoms with Crippen LogP contribution in [-0.4, -0.2) is 61.9 Å². The van der Waals surface area contributed by atoms with Crippen LogP contribution in [0.4, 0.5) is 0 Å². The minimum atomic E-state index is -0.513. The Bertz CT molecular complexity index is 662. The van der Waals surface area contributed by atoms with E-state index in [0.29, 0.717) is 19.1 Å². The van der Waals surface area contributed by atoms with Gasteiger partial charge in [0.15, 0.2) is 5.79 Å². The van der Waals surface area contributed by atoms with Gasteiger partial charge in [0.2, 0.25) is 0 Å². The summed E-state index contributed by atoms with van der Waals surface area (Å²) in [6.07, 6.45) is 6.34. The van der Waals surface area contributed by atoms with Crippen molar-refractivity contribution in [2.75, 3.05) is 32.8 Å². The first-order valence-electron chi connectivity index (χ1n) is 11.1. The van der Waals surface area contributed by atoms with Gasteiger partial charge in [0.25, 0.3) is 0 Å². The van der Waals surface area contributed by atoms with Crippen molar-refractivity contribution in [3.8, 4) is 0 Å². The fraction of sp³-hybridized carbons (Fsp3) is 0.864. The molecule has 3 saturated heterocycles. The van der Waals surface area contributed by atoms with Crippen molar-refractivity contribution < 1.29 is 29.0 Å². The topological polar surface area (TPSA) is 69.4 Å². The number of likely N-dealkylation sites (tertiary alicyclic amines) is 1. The summed E-state index contributed by atoms with van der Waals surface area (Å²) in [6, 6.07) is 0. The highest BCUT2D eigenvalue weighted by atomic mass is 16.7. The van der Waals surface area contributed by atoms with E-state index in [1.807, 2.05) is 0 Å². The summed E-state index contributed by atoms with van der Waals surface area (Å²) >= 11 is 0. The molecule has 0 aromatic heterocycles. The molecule has 0 amide bonds. The van der Waals surface area contributed by atoms with Crippen LogP contribution in [0.15, 0.2) is 11.6 Å². The predicted molar refractivity (Wildman–Crippen MR) is 102 cm³/mol. The summed E-state index contributed by atoms with van der Waals surface area (Å²) in [6.45, 7) is 8.46. The van der Waals surface area contributed by atoms with Gasteiger partial charge in [0.05, 0.1) is 51.8 Å². The molecular formula is C22H34NO5+. The molecule has 1 saturated carbocycles. The van der Waals surface area contributed by atoms with E-state index < -0.39 is 6.10 Å². The van der Waals surface area contributed by atoms with E-state index in [0.717, 1.165) is 51.7 Å². The lowest BCUT2D eigenvalue weighted by Gasteiger charge is -2.51. The highest BCUT2D eigenvalue weighted by Gasteiger charge is 2.60. The van der Waals surface area contributed by atoms with E-state index in [2.05, 4.69) is 19.9 Å². The fourth-order valence-corrected chi connectivity index (χ4v) is 6.58. The van der Waals surface area contributed by atoms with Crippen LogP contribution >= 0.6 is 0 Å². The first kappa shape index (κ1) is 19.0. The predicted octanol–water partition coefficient (Wildman–Crippen LogP) is 0.693. The summed E-state index contributed by atoms with van der Waals surface area (Å²) in [5.41, 5.74) is 1.08. The van der Waals surface area contributed by atoms with E-state index in [-0.39, 0.29) is 35.1 Å². The van der Waals surface area contributed by atoms with Crippen LogP contribution < -0.4 is 4.90 Å². The van der Waals surface area contributed by atoms with Gasteiger partial charge >= 0.3 is 5.97 Å². The largest absolute Gasteiger partial charge is 0.461 e. The summed E-state index contributed by atoms with van der Waals surface area (Å²) in [5.74, 6) is -0.346. The van der Waals surface area contributed by atoms with Crippen LogP contribution in [-0.2, 0) is 19.0 Å². The number of carbonyl (C=O) groups excluding carboxylic acids is 1. The van der Waals surface area contributed by atoms with Crippen molar-refractivity contribution in [2.24, 2.45) is 23.2 Å². The molecule has 0 aromatic rings. The van der Waals surface area contributed by atoms with Gasteiger partial charge in [-0.25, -0.2) is 0 Å². The van der Waals surface area contributed by atoms with Crippen molar-refractivity contribution in [3.63, 3.8) is 0 Å². The Kier molecular flexibility index (Phi) is 4.62. The van der Waals surface area contributed by atoms with Crippen LogP contribution in [0.5, 0.6) is 0 Å². The van der Waals surface area contributed by atoms with Gasteiger partial charge in [0, 0.05) is 17.8 Å². The van der Waals surface area contributed by atoms with E-state index in [1.165, 1.54) is 10.5 Å². The molecule has 5 rings (SSSR count). The molecule has 156 valence electrons. The molecule has 5 aliphatic rings. The SMILES string of the molecule is C[C@H]1CCC=C2C[C@H]3OC(=O)[C@@H](C[NH+]4CCC5(CC4)OCCO5)[C@H]3[C@@H](O)[C@@]21C. The van der Waals surface area contributed by atoms with Gasteiger partial charge in [-0.2, -0.15) is 0 Å². The number of fused-ring (bicyclic) bond motifs is 2. The van der Waals surface area contributed by atoms with Gasteiger partial charge < -0.3 is 24.2 Å². The number of quaternary nitrogens is 1. The maximum atomic E-state index is 12.8. The molecule has 3 heterocycles. The fourth-order valence-electron chi connectivity index (χ4n) is 6.58. The Morgan fingerprint density at radius 2 is 1.96 bits per heavy atom. The Balaban J connectivity index is 1.31. The first-order chi connectivity index (χ1) is 13.4. The number of hydrogen-bond donors (Lipinski definition) is 2. The molecule has 28 heavy (non-hydrogen) atoms. The molecule has 6 nitrogen and oxygen atoms in total. The lowest BCUT2D eigenvalue weighted by molar-refractivity contribution is -0.911. The van der Waals surface area contributed by atoms with Crippen molar-refractivity contribution in [1.82, 2.24) is 0 Å². The number of aliphatic hydroxyl groups is 1. The van der Waals surface area contributed by atoms with Gasteiger partial charge in [-0.3, -0.25) is 4.79 Å². The highest BCUT2D eigenvalue weighted by Crippen LogP contribution is 2.55. The Morgan fingerprint density at radius 3 is 2.68 bits per heavy atom. The van der Waals surface area contributed by atoms with Crippen LogP contribution in [0.1, 0.15) is 46.0 Å². The van der Waals surface area contributed by atoms with Crippen molar-refractivity contribution in [2.45, 2.75) is 63.9 Å². The minimum Gasteiger partial charge on any atom is -0.461 e. The molecule has 3 aliphatic heterocycles. The lowest BCUT2D eigenvalue weighted by atomic mass is 9.55. The van der Waals surface area contributed by atoms with E-state index in [1.54, 1.807) is 0 Å². The van der Waals surface area contributed by atoms with Crippen LogP contribution in [0, 0.1) is 23.2 Å². The third-order valence-electron chi connectivity index (χ3n) is 8.61. The van der Waals surface area contributed by atoms with Crippen LogP contribution in [0.2, 0.25) is 0 Å². The van der Waals surface area contributed by atoms with Gasteiger partial charge in [-0.05, 0) is 18.8 Å². The lowest BCUT2D eigenvalue weighted by Crippen LogP contribution is -3.14. The first-order valence-corrected chi connectivity index (χ1v) is 11.1. The van der Waals surface area contributed by atoms with E-state index >= 15 is 0 Å². The second-order valence-corrected chi connectivity index (χ2v) is 9.86. The normalized spacial score (nSPS) is 45.5. The quantitative estimate of drug-likeness (QED) is 0.535. The number of ether oxygens (including phenoxy) is 3. The monoisotopic (exact) mass is 392 g/mol. The maximum absolute atomic E-state index is 12.8. The van der Waals surface area contributed by atoms with Crippen molar-refractivity contribution >= 4 is 5.97 Å². The molecule has 2 aliphatic carbocycles. The second-order valence-electron chi connectivity index (χ2n) is 9.86. The van der Waals surface area contributed by atoms with Crippen LogP contribution in [0.25, 0.3) is 0 Å². The average molecular weight is 393 g/mol. The zero-order valence-electron chi connectivity index (χ0n) is 17.1. The highest BCUT2D eigenvalue weighted by molar-refractivity contribution is 5.76. The van der Waals surface area contributed by atoms with E-state index in [9.17, 15) is 9.90 Å². The van der Waals surface area contributed by atoms with Crippen molar-refractivity contribution in [1.29, 1.82) is 0 Å². The Hall–Kier alpha value is -0.950. The Morgan fingerprint density at radius 1 is 1.25 bits per heavy atom. The standard InChI is InChI=1S/C22H33NO5/c1-14-4-3-5-15-12-17-18(19(24)21(14,15)2)16(20(25)28-17)13-23-8-6-22(7-9-23)26-10-11-27-22/h5,14,16-19,24H,3-4,6-13H2,1-2H3/p+1/t14-,16-,17+,18+,19+,21+/m0/s1. The molecule has 1 spiro atoms. The minimum absolute atomic E-state index is 0.0856. The number of esters is 1. The number of nitrogens with one attached hydrogen (secondary N) is 1. The molecule has 4 fully saturated rings. The number of aliphatic hydroxyl groups excluding tert-OH is 1. The summed E-state index contributed by atoms with van der Waals surface area (Å²) in [4.78, 5) is 14.2. The van der Waals surface area contributed by atoms with Gasteiger partial charge in [-0.1, -0.05) is 25.5 Å². The molecule has 2 N–H and O–H groups in total. The molecule has 0 aromatic carbocycles. The maximum Gasteiger partial charge on any atom is 0.315 e. The summed E-state index contributed by atoms with van der Waals surface area (Å²) in [5, 5.41) is 11.5. The van der Waals surface area contributed by atoms with Gasteiger partial charge in [-0.15, -0.1) is 0 Å². The van der Waals surface area contributed by atoms with Gasteiger partial charge in [0.1, 0.15) is 12.0 Å². The molecule has 0 bridgehead atoms. The third kappa shape index (κ3) is 2.79. The number of allylic oxidation sites excluding steroid dienone is 1. The number of carbonyl (C=O) groups is 1. The number of rotatable bonds is 2. The number of piperidine rings is 1. The molecule has 0 radical (unpaired) electrons. The zero-order valence-corrected chi connectivity index (χ0v) is 17.1. The average Bonchev–Trinajstić information content (AvgIpc) is 3.25. The zero-order chi connectivity index (χ0) is 19.5. The van der Waals surface area contributed by atoms with E-state index in [4.69, 9.17) is 14.2 Å². The molecule has 6 atom stereocenters. The second kappa shape index (κ2) is 6.79. The number of hydrogen-bond acceptors (Lipinski definition) is 5. The summed E-state index contributed by atoms with van der Waals surface area (Å²) in [7, 11) is 0. The molecular weight excluding hydrogens is 358 g/mol. The summed E-state index contributed by atoms with van der Waals surface area (Å²) < 4.78 is 17.5. The molecule has 0 unspecified atom stereocenters. The smallest absolute Gasteiger partial charge is 0.315 e.